The molecule has 1 saturated heterocycles. The van der Waals surface area contributed by atoms with E-state index in [1.54, 1.807) is 11.9 Å². The van der Waals surface area contributed by atoms with E-state index in [2.05, 4.69) is 10.1 Å². The molecular formula is C21H28F3N3O5S. The first kappa shape index (κ1) is 25.3. The maximum Gasteiger partial charge on any atom is 0.573 e. The molecule has 184 valence electrons. The van der Waals surface area contributed by atoms with E-state index >= 15 is 0 Å². The van der Waals surface area contributed by atoms with Crippen LogP contribution in [0.4, 0.5) is 18.9 Å². The fraction of sp³-hybridized carbons (Fsp3) is 0.619. The average Bonchev–Trinajstić information content (AvgIpc) is 3.32. The Morgan fingerprint density at radius 3 is 2.24 bits per heavy atom. The lowest BCUT2D eigenvalue weighted by molar-refractivity contribution is -0.274. The van der Waals surface area contributed by atoms with Crippen LogP contribution in [0.1, 0.15) is 32.1 Å². The Morgan fingerprint density at radius 1 is 1.06 bits per heavy atom. The summed E-state index contributed by atoms with van der Waals surface area (Å²) < 4.78 is 64.4. The molecule has 1 aromatic carbocycles. The highest BCUT2D eigenvalue weighted by Gasteiger charge is 2.39. The van der Waals surface area contributed by atoms with E-state index in [4.69, 9.17) is 0 Å². The number of benzene rings is 1. The second-order valence-corrected chi connectivity index (χ2v) is 10.8. The van der Waals surface area contributed by atoms with Gasteiger partial charge in [-0.1, -0.05) is 12.8 Å². The van der Waals surface area contributed by atoms with Gasteiger partial charge in [0.15, 0.2) is 9.84 Å². The number of nitrogens with one attached hydrogen (secondary N) is 1. The van der Waals surface area contributed by atoms with Crippen molar-refractivity contribution < 1.29 is 35.9 Å². The number of anilines is 1. The lowest BCUT2D eigenvalue weighted by Gasteiger charge is -2.35. The Hall–Kier alpha value is -2.34. The number of carbonyl (C=O) groups excluding carboxylic acids is 2. The van der Waals surface area contributed by atoms with E-state index in [0.29, 0.717) is 6.42 Å². The molecule has 1 N–H and O–H groups in total. The number of amides is 2. The second kappa shape index (κ2) is 10.3. The molecule has 3 rings (SSSR count). The van der Waals surface area contributed by atoms with Crippen LogP contribution in [0, 0.1) is 0 Å². The number of hydrogen-bond donors (Lipinski definition) is 1. The number of alkyl halides is 3. The van der Waals surface area contributed by atoms with Gasteiger partial charge >= 0.3 is 6.36 Å². The molecule has 0 aromatic heterocycles. The highest BCUT2D eigenvalue weighted by molar-refractivity contribution is 7.91. The van der Waals surface area contributed by atoms with Gasteiger partial charge in [-0.05, 0) is 50.6 Å². The first-order valence-electron chi connectivity index (χ1n) is 10.8. The van der Waals surface area contributed by atoms with Crippen molar-refractivity contribution in [2.24, 2.45) is 0 Å². The molecule has 1 aliphatic heterocycles. The van der Waals surface area contributed by atoms with Crippen LogP contribution < -0.4 is 10.1 Å². The van der Waals surface area contributed by atoms with Gasteiger partial charge < -0.3 is 15.0 Å². The third-order valence-electron chi connectivity index (χ3n) is 5.80. The predicted molar refractivity (Wildman–Crippen MR) is 115 cm³/mol. The number of ether oxygens (including phenoxy) is 1. The van der Waals surface area contributed by atoms with Gasteiger partial charge in [-0.15, -0.1) is 13.2 Å². The third kappa shape index (κ3) is 7.60. The molecule has 0 spiro atoms. The number of halogens is 3. The summed E-state index contributed by atoms with van der Waals surface area (Å²) in [5.74, 6) is -0.977. The van der Waals surface area contributed by atoms with Gasteiger partial charge in [0.25, 0.3) is 0 Å². The molecule has 12 heteroatoms. The summed E-state index contributed by atoms with van der Waals surface area (Å²) >= 11 is 0. The van der Waals surface area contributed by atoms with Gasteiger partial charge in [0, 0.05) is 17.8 Å². The molecular weight excluding hydrogens is 463 g/mol. The van der Waals surface area contributed by atoms with Gasteiger partial charge in [-0.25, -0.2) is 8.42 Å². The molecule has 1 saturated carbocycles. The van der Waals surface area contributed by atoms with Crippen molar-refractivity contribution in [1.82, 2.24) is 9.80 Å². The molecule has 1 atom stereocenters. The van der Waals surface area contributed by atoms with Gasteiger partial charge in [-0.2, -0.15) is 0 Å². The van der Waals surface area contributed by atoms with Gasteiger partial charge in [0.05, 0.1) is 24.6 Å². The maximum atomic E-state index is 13.1. The van der Waals surface area contributed by atoms with Crippen LogP contribution in [-0.4, -0.2) is 80.1 Å². The Kier molecular flexibility index (Phi) is 7.88. The van der Waals surface area contributed by atoms with E-state index in [9.17, 15) is 31.2 Å². The Bertz CT molecular complexity index is 947. The summed E-state index contributed by atoms with van der Waals surface area (Å²) in [4.78, 5) is 28.7. The standard InChI is InChI=1S/C21H28F3N3O5S/c1-26(12-19(28)25-15-6-8-18(9-7-15)32-21(22,23)24)13-20(29)27(16-4-2-3-5-16)17-10-11-33(30,31)14-17/h6-9,16-17H,2-5,10-14H2,1H3,(H,25,28). The summed E-state index contributed by atoms with van der Waals surface area (Å²) in [6.45, 7) is -0.160. The number of likely N-dealkylation sites (N-methyl/N-ethyl adjacent to an activating group) is 1. The maximum absolute atomic E-state index is 13.1. The number of sulfone groups is 1. The SMILES string of the molecule is CN(CC(=O)Nc1ccc(OC(F)(F)F)cc1)CC(=O)N(C1CCCC1)C1CCS(=O)(=O)C1. The summed E-state index contributed by atoms with van der Waals surface area (Å²) in [6.07, 6.45) is -0.670. The highest BCUT2D eigenvalue weighted by Crippen LogP contribution is 2.29. The lowest BCUT2D eigenvalue weighted by Crippen LogP contribution is -2.50. The Balaban J connectivity index is 1.54. The zero-order valence-corrected chi connectivity index (χ0v) is 19.1. The van der Waals surface area contributed by atoms with Crippen molar-refractivity contribution in [1.29, 1.82) is 0 Å². The van der Waals surface area contributed by atoms with Crippen molar-refractivity contribution in [3.8, 4) is 5.75 Å². The minimum absolute atomic E-state index is 0.0203. The van der Waals surface area contributed by atoms with Crippen molar-refractivity contribution in [2.45, 2.75) is 50.6 Å². The zero-order valence-electron chi connectivity index (χ0n) is 18.3. The molecule has 0 bridgehead atoms. The lowest BCUT2D eigenvalue weighted by atomic mass is 10.1. The number of nitrogens with zero attached hydrogens (tertiary/aromatic N) is 2. The number of hydrogen-bond acceptors (Lipinski definition) is 6. The van der Waals surface area contributed by atoms with Crippen LogP contribution in [0.25, 0.3) is 0 Å². The number of carbonyl (C=O) groups is 2. The van der Waals surface area contributed by atoms with E-state index in [-0.39, 0.29) is 48.3 Å². The molecule has 2 amide bonds. The predicted octanol–water partition coefficient (Wildman–Crippen LogP) is 2.41. The van der Waals surface area contributed by atoms with E-state index in [0.717, 1.165) is 37.8 Å². The molecule has 33 heavy (non-hydrogen) atoms. The van der Waals surface area contributed by atoms with Crippen LogP contribution in [0.15, 0.2) is 24.3 Å². The molecule has 2 fully saturated rings. The first-order chi connectivity index (χ1) is 15.4. The van der Waals surface area contributed by atoms with Crippen molar-refractivity contribution in [3.05, 3.63) is 24.3 Å². The van der Waals surface area contributed by atoms with Gasteiger partial charge in [-0.3, -0.25) is 14.5 Å². The summed E-state index contributed by atoms with van der Waals surface area (Å²) in [5, 5.41) is 2.56. The summed E-state index contributed by atoms with van der Waals surface area (Å²) in [5.41, 5.74) is 0.290. The van der Waals surface area contributed by atoms with Crippen LogP contribution in [-0.2, 0) is 19.4 Å². The molecule has 1 aromatic rings. The largest absolute Gasteiger partial charge is 0.573 e. The number of rotatable bonds is 8. The van der Waals surface area contributed by atoms with Crippen LogP contribution >= 0.6 is 0 Å². The minimum atomic E-state index is -4.80. The second-order valence-electron chi connectivity index (χ2n) is 8.59. The third-order valence-corrected chi connectivity index (χ3v) is 7.55. The smallest absolute Gasteiger partial charge is 0.406 e. The molecule has 1 aliphatic carbocycles. The summed E-state index contributed by atoms with van der Waals surface area (Å²) in [7, 11) is -1.53. The van der Waals surface area contributed by atoms with Gasteiger partial charge in [0.1, 0.15) is 5.75 Å². The topological polar surface area (TPSA) is 96.0 Å². The monoisotopic (exact) mass is 491 g/mol. The highest BCUT2D eigenvalue weighted by atomic mass is 32.2. The quantitative estimate of drug-likeness (QED) is 0.600. The van der Waals surface area contributed by atoms with Crippen molar-refractivity contribution >= 4 is 27.3 Å². The summed E-state index contributed by atoms with van der Waals surface area (Å²) in [6, 6.07) is 4.44. The zero-order chi connectivity index (χ0) is 24.2. The fourth-order valence-corrected chi connectivity index (χ4v) is 6.15. The molecule has 8 nitrogen and oxygen atoms in total. The van der Waals surface area contributed by atoms with Crippen molar-refractivity contribution in [3.63, 3.8) is 0 Å². The molecule has 2 aliphatic rings. The average molecular weight is 492 g/mol. The van der Waals surface area contributed by atoms with Crippen molar-refractivity contribution in [2.75, 3.05) is 37.0 Å². The van der Waals surface area contributed by atoms with Gasteiger partial charge in [0.2, 0.25) is 11.8 Å². The molecule has 0 radical (unpaired) electrons. The first-order valence-corrected chi connectivity index (χ1v) is 12.6. The van der Waals surface area contributed by atoms with Crippen LogP contribution in [0.3, 0.4) is 0 Å². The Labute approximate surface area is 191 Å². The minimum Gasteiger partial charge on any atom is -0.406 e. The molecule has 1 unspecified atom stereocenters. The van der Waals surface area contributed by atoms with Crippen LogP contribution in [0.2, 0.25) is 0 Å². The van der Waals surface area contributed by atoms with Crippen LogP contribution in [0.5, 0.6) is 5.75 Å². The normalized spacial score (nSPS) is 20.7. The fourth-order valence-electron chi connectivity index (χ4n) is 4.44. The van der Waals surface area contributed by atoms with E-state index in [1.165, 1.54) is 17.0 Å². The Morgan fingerprint density at radius 2 is 1.70 bits per heavy atom. The van der Waals surface area contributed by atoms with E-state index in [1.807, 2.05) is 0 Å². The molecule has 1 heterocycles. The van der Waals surface area contributed by atoms with E-state index < -0.39 is 27.9 Å².